The maximum atomic E-state index is 15.1. The van der Waals surface area contributed by atoms with Crippen LogP contribution in [0.25, 0.3) is 11.1 Å². The van der Waals surface area contributed by atoms with Crippen LogP contribution in [0.1, 0.15) is 74.2 Å². The van der Waals surface area contributed by atoms with E-state index in [0.717, 1.165) is 38.2 Å². The van der Waals surface area contributed by atoms with Crippen molar-refractivity contribution >= 4 is 5.97 Å². The predicted octanol–water partition coefficient (Wildman–Crippen LogP) is 7.68. The number of halogens is 5. The largest absolute Gasteiger partial charge is 0.477 e. The topological polar surface area (TPSA) is 37.3 Å². The van der Waals surface area contributed by atoms with Crippen molar-refractivity contribution in [2.45, 2.75) is 64.7 Å². The lowest BCUT2D eigenvalue weighted by atomic mass is 9.77. The molecule has 1 aliphatic carbocycles. The van der Waals surface area contributed by atoms with Gasteiger partial charge in [0, 0.05) is 0 Å². The predicted molar refractivity (Wildman–Crippen MR) is 112 cm³/mol. The van der Waals surface area contributed by atoms with Gasteiger partial charge in [0.05, 0.1) is 0 Å². The van der Waals surface area contributed by atoms with Gasteiger partial charge >= 0.3 is 5.97 Å². The first kappa shape index (κ1) is 24.2. The summed E-state index contributed by atoms with van der Waals surface area (Å²) in [6, 6.07) is 2.08. The summed E-state index contributed by atoms with van der Waals surface area (Å²) in [6.45, 7) is 2.16. The Morgan fingerprint density at radius 2 is 1.44 bits per heavy atom. The Morgan fingerprint density at radius 3 is 1.97 bits per heavy atom. The van der Waals surface area contributed by atoms with Gasteiger partial charge in [-0.15, -0.1) is 0 Å². The van der Waals surface area contributed by atoms with Gasteiger partial charge in [-0.25, -0.2) is 26.7 Å². The Balaban J connectivity index is 1.89. The fourth-order valence-corrected chi connectivity index (χ4v) is 4.72. The number of hydrogen-bond donors (Lipinski definition) is 1. The quantitative estimate of drug-likeness (QED) is 0.328. The molecule has 0 bridgehead atoms. The van der Waals surface area contributed by atoms with Gasteiger partial charge < -0.3 is 5.11 Å². The molecule has 174 valence electrons. The highest BCUT2D eigenvalue weighted by Crippen LogP contribution is 2.37. The Morgan fingerprint density at radius 1 is 0.875 bits per heavy atom. The lowest BCUT2D eigenvalue weighted by Crippen LogP contribution is -2.16. The third-order valence-electron chi connectivity index (χ3n) is 6.56. The maximum absolute atomic E-state index is 15.1. The molecule has 2 nitrogen and oxygen atoms in total. The van der Waals surface area contributed by atoms with E-state index in [4.69, 9.17) is 0 Å². The summed E-state index contributed by atoms with van der Waals surface area (Å²) < 4.78 is 70.4. The van der Waals surface area contributed by atoms with E-state index in [-0.39, 0.29) is 23.1 Å². The van der Waals surface area contributed by atoms with Crippen LogP contribution in [0.3, 0.4) is 0 Å². The smallest absolute Gasteiger partial charge is 0.341 e. The normalized spacial score (nSPS) is 18.7. The first-order chi connectivity index (χ1) is 15.2. The lowest BCUT2D eigenvalue weighted by Gasteiger charge is -2.29. The molecule has 0 aliphatic heterocycles. The summed E-state index contributed by atoms with van der Waals surface area (Å²) in [5.74, 6) is -8.03. The molecule has 0 radical (unpaired) electrons. The zero-order valence-electron chi connectivity index (χ0n) is 18.0. The van der Waals surface area contributed by atoms with Gasteiger partial charge in [0.15, 0.2) is 17.5 Å². The van der Waals surface area contributed by atoms with Crippen molar-refractivity contribution in [3.63, 3.8) is 0 Å². The van der Waals surface area contributed by atoms with Crippen LogP contribution in [0.5, 0.6) is 0 Å². The summed E-state index contributed by atoms with van der Waals surface area (Å²) in [5, 5.41) is 9.22. The maximum Gasteiger partial charge on any atom is 0.341 e. The van der Waals surface area contributed by atoms with E-state index in [0.29, 0.717) is 30.4 Å². The molecule has 1 saturated carbocycles. The molecule has 2 aromatic carbocycles. The molecule has 1 N–H and O–H groups in total. The summed E-state index contributed by atoms with van der Waals surface area (Å²) in [6.07, 6.45) is 8.29. The summed E-state index contributed by atoms with van der Waals surface area (Å²) in [4.78, 5) is 11.4. The molecule has 7 heteroatoms. The van der Waals surface area contributed by atoms with Gasteiger partial charge in [-0.2, -0.15) is 0 Å². The number of carbonyl (C=O) groups is 1. The van der Waals surface area contributed by atoms with Crippen LogP contribution in [-0.2, 0) is 6.42 Å². The van der Waals surface area contributed by atoms with Crippen molar-refractivity contribution in [1.29, 1.82) is 0 Å². The van der Waals surface area contributed by atoms with Crippen LogP contribution in [0.4, 0.5) is 22.0 Å². The molecular weight excluding hydrogens is 427 g/mol. The van der Waals surface area contributed by atoms with Crippen molar-refractivity contribution in [2.24, 2.45) is 11.8 Å². The summed E-state index contributed by atoms with van der Waals surface area (Å²) in [7, 11) is 0. The second-order valence-corrected chi connectivity index (χ2v) is 8.70. The zero-order chi connectivity index (χ0) is 23.4. The molecule has 0 saturated heterocycles. The molecule has 0 amide bonds. The first-order valence-corrected chi connectivity index (χ1v) is 11.1. The van der Waals surface area contributed by atoms with E-state index >= 15 is 4.39 Å². The van der Waals surface area contributed by atoms with E-state index in [1.807, 2.05) is 0 Å². The van der Waals surface area contributed by atoms with Gasteiger partial charge in [-0.1, -0.05) is 51.9 Å². The van der Waals surface area contributed by atoms with Crippen LogP contribution in [-0.4, -0.2) is 11.1 Å². The highest BCUT2D eigenvalue weighted by molar-refractivity contribution is 5.90. The van der Waals surface area contributed by atoms with Crippen molar-refractivity contribution in [2.75, 3.05) is 0 Å². The minimum Gasteiger partial charge on any atom is -0.477 e. The molecule has 32 heavy (non-hydrogen) atoms. The van der Waals surface area contributed by atoms with E-state index in [1.165, 1.54) is 12.8 Å². The number of carboxylic acids is 1. The number of benzene rings is 2. The zero-order valence-corrected chi connectivity index (χ0v) is 18.0. The Bertz CT molecular complexity index is 958. The molecule has 1 fully saturated rings. The number of carboxylic acid groups (broad SMARTS) is 1. The molecule has 1 aliphatic rings. The molecule has 0 aromatic heterocycles. The van der Waals surface area contributed by atoms with Gasteiger partial charge in [0.1, 0.15) is 17.2 Å². The highest BCUT2D eigenvalue weighted by Gasteiger charge is 2.27. The molecule has 0 atom stereocenters. The minimum atomic E-state index is -1.76. The van der Waals surface area contributed by atoms with Crippen LogP contribution in [0.2, 0.25) is 0 Å². The molecular formula is C25H27F5O2. The third-order valence-corrected chi connectivity index (χ3v) is 6.56. The van der Waals surface area contributed by atoms with Gasteiger partial charge in [0.25, 0.3) is 0 Å². The standard InChI is InChI=1S/C25H27F5O2/c1-2-3-4-14-5-7-15(8-6-14)9-10-17-18(13-19(26)22(23(17)29)25(31)32)16-11-20(27)24(30)21(28)12-16/h11-15H,2-10H2,1H3,(H,31,32). The van der Waals surface area contributed by atoms with Crippen molar-refractivity contribution in [3.05, 3.63) is 58.4 Å². The fourth-order valence-electron chi connectivity index (χ4n) is 4.72. The number of aromatic carboxylic acids is 1. The summed E-state index contributed by atoms with van der Waals surface area (Å²) >= 11 is 0. The lowest BCUT2D eigenvalue weighted by molar-refractivity contribution is 0.0686. The van der Waals surface area contributed by atoms with E-state index in [2.05, 4.69) is 6.92 Å². The van der Waals surface area contributed by atoms with E-state index < -0.39 is 40.6 Å². The highest BCUT2D eigenvalue weighted by atomic mass is 19.2. The SMILES string of the molecule is CCCCC1CCC(CCc2c(-c3cc(F)c(F)c(F)c3)cc(F)c(C(=O)O)c2F)CC1. The second-order valence-electron chi connectivity index (χ2n) is 8.70. The minimum absolute atomic E-state index is 0.0899. The van der Waals surface area contributed by atoms with Gasteiger partial charge in [-0.3, -0.25) is 0 Å². The number of rotatable bonds is 8. The Hall–Kier alpha value is -2.44. The second kappa shape index (κ2) is 10.5. The number of hydrogen-bond acceptors (Lipinski definition) is 1. The van der Waals surface area contributed by atoms with Crippen LogP contribution < -0.4 is 0 Å². The summed E-state index contributed by atoms with van der Waals surface area (Å²) in [5.41, 5.74) is -1.63. The third kappa shape index (κ3) is 5.30. The molecule has 3 rings (SSSR count). The monoisotopic (exact) mass is 454 g/mol. The first-order valence-electron chi connectivity index (χ1n) is 11.1. The fraction of sp³-hybridized carbons (Fsp3) is 0.480. The van der Waals surface area contributed by atoms with E-state index in [9.17, 15) is 27.5 Å². The van der Waals surface area contributed by atoms with Crippen molar-refractivity contribution < 1.29 is 31.9 Å². The molecule has 2 aromatic rings. The average Bonchev–Trinajstić information content (AvgIpc) is 2.75. The molecule has 0 spiro atoms. The van der Waals surface area contributed by atoms with Gasteiger partial charge in [-0.05, 0) is 59.6 Å². The average molecular weight is 454 g/mol. The van der Waals surface area contributed by atoms with E-state index in [1.54, 1.807) is 0 Å². The Labute approximate surface area is 184 Å². The molecule has 0 heterocycles. The Kier molecular flexibility index (Phi) is 7.91. The van der Waals surface area contributed by atoms with Crippen molar-refractivity contribution in [1.82, 2.24) is 0 Å². The van der Waals surface area contributed by atoms with Crippen LogP contribution in [0.15, 0.2) is 18.2 Å². The van der Waals surface area contributed by atoms with Gasteiger partial charge in [0.2, 0.25) is 0 Å². The van der Waals surface area contributed by atoms with Crippen LogP contribution in [0, 0.1) is 40.9 Å². The van der Waals surface area contributed by atoms with Crippen molar-refractivity contribution in [3.8, 4) is 11.1 Å². The van der Waals surface area contributed by atoms with Crippen LogP contribution >= 0.6 is 0 Å². The molecule has 0 unspecified atom stereocenters. The number of unbranched alkanes of at least 4 members (excludes halogenated alkanes) is 1.